The second kappa shape index (κ2) is 11.2. The number of ether oxygens (including phenoxy) is 2. The summed E-state index contributed by atoms with van der Waals surface area (Å²) in [5.41, 5.74) is 4.52. The third-order valence-electron chi connectivity index (χ3n) is 4.53. The van der Waals surface area contributed by atoms with Crippen LogP contribution in [0, 0.1) is 18.3 Å². The zero-order chi connectivity index (χ0) is 24.7. The minimum absolute atomic E-state index is 0.0268. The Morgan fingerprint density at radius 2 is 2.03 bits per heavy atom. The summed E-state index contributed by atoms with van der Waals surface area (Å²) in [5, 5.41) is 22.3. The van der Waals surface area contributed by atoms with Gasteiger partial charge in [0, 0.05) is 22.7 Å². The van der Waals surface area contributed by atoms with Gasteiger partial charge in [-0.15, -0.1) is 0 Å². The van der Waals surface area contributed by atoms with Gasteiger partial charge < -0.3 is 19.0 Å². The lowest BCUT2D eigenvalue weighted by atomic mass is 10.1. The predicted molar refractivity (Wildman–Crippen MR) is 124 cm³/mol. The summed E-state index contributed by atoms with van der Waals surface area (Å²) in [6.07, 6.45) is 1.31. The summed E-state index contributed by atoms with van der Waals surface area (Å²) in [6.45, 7) is 1.50. The Hall–Kier alpha value is -4.01. The molecule has 0 aliphatic heterocycles. The van der Waals surface area contributed by atoms with Crippen LogP contribution in [0.3, 0.4) is 0 Å². The summed E-state index contributed by atoms with van der Waals surface area (Å²) >= 11 is 3.39. The SMILES string of the molecule is COCc1c(Br)c(C)nc(OCC(=O)N/N=C/c2ccc(-c3ccc(C(=O)O)cc3)o2)c1C#N. The number of halogens is 1. The lowest BCUT2D eigenvalue weighted by Crippen LogP contribution is -2.25. The van der Waals surface area contributed by atoms with E-state index in [0.717, 1.165) is 0 Å². The highest BCUT2D eigenvalue weighted by molar-refractivity contribution is 9.10. The second-order valence-corrected chi connectivity index (χ2v) is 7.67. The molecule has 0 aliphatic carbocycles. The maximum Gasteiger partial charge on any atom is 0.335 e. The van der Waals surface area contributed by atoms with Crippen molar-refractivity contribution in [3.63, 3.8) is 0 Å². The summed E-state index contributed by atoms with van der Waals surface area (Å²) < 4.78 is 16.8. The number of nitriles is 1. The zero-order valence-electron chi connectivity index (χ0n) is 18.2. The molecule has 3 aromatic rings. The maximum absolute atomic E-state index is 12.1. The number of hydrogen-bond acceptors (Lipinski definition) is 8. The van der Waals surface area contributed by atoms with Crippen LogP contribution in [0.15, 0.2) is 50.4 Å². The van der Waals surface area contributed by atoms with Crippen molar-refractivity contribution in [3.05, 3.63) is 69.0 Å². The normalized spacial score (nSPS) is 10.8. The molecule has 174 valence electrons. The number of furan rings is 1. The van der Waals surface area contributed by atoms with Crippen LogP contribution in [0.4, 0.5) is 0 Å². The standard InChI is InChI=1S/C23H19BrN4O6/c1-13-21(24)18(11-32-2)17(9-25)22(27-13)33-12-20(29)28-26-10-16-7-8-19(34-16)14-3-5-15(6-4-14)23(30)31/h3-8,10H,11-12H2,1-2H3,(H,28,29)(H,30,31)/b26-10+. The fraction of sp³-hybridized carbons (Fsp3) is 0.174. The number of carbonyl (C=O) groups is 2. The molecule has 10 nitrogen and oxygen atoms in total. The van der Waals surface area contributed by atoms with Gasteiger partial charge in [-0.3, -0.25) is 4.79 Å². The van der Waals surface area contributed by atoms with Crippen molar-refractivity contribution < 1.29 is 28.6 Å². The lowest BCUT2D eigenvalue weighted by Gasteiger charge is -2.13. The lowest BCUT2D eigenvalue weighted by molar-refractivity contribution is -0.123. The van der Waals surface area contributed by atoms with Crippen molar-refractivity contribution in [1.29, 1.82) is 5.26 Å². The Kier molecular flexibility index (Phi) is 8.13. The summed E-state index contributed by atoms with van der Waals surface area (Å²) in [7, 11) is 1.51. The Morgan fingerprint density at radius 1 is 1.29 bits per heavy atom. The Morgan fingerprint density at radius 3 is 2.68 bits per heavy atom. The van der Waals surface area contributed by atoms with Crippen molar-refractivity contribution in [2.45, 2.75) is 13.5 Å². The molecule has 0 spiro atoms. The van der Waals surface area contributed by atoms with E-state index in [0.29, 0.717) is 32.8 Å². The molecule has 0 bridgehead atoms. The number of rotatable bonds is 9. The van der Waals surface area contributed by atoms with E-state index in [-0.39, 0.29) is 23.6 Å². The van der Waals surface area contributed by atoms with Gasteiger partial charge in [0.15, 0.2) is 6.61 Å². The number of nitrogens with zero attached hydrogens (tertiary/aromatic N) is 3. The predicted octanol–water partition coefficient (Wildman–Crippen LogP) is 3.66. The van der Waals surface area contributed by atoms with Crippen LogP contribution < -0.4 is 10.2 Å². The first-order valence-electron chi connectivity index (χ1n) is 9.80. The Labute approximate surface area is 202 Å². The van der Waals surface area contributed by atoms with E-state index in [9.17, 15) is 14.9 Å². The monoisotopic (exact) mass is 526 g/mol. The van der Waals surface area contributed by atoms with Crippen LogP contribution in [-0.4, -0.2) is 41.9 Å². The molecular weight excluding hydrogens is 508 g/mol. The number of hydrazone groups is 1. The maximum atomic E-state index is 12.1. The zero-order valence-corrected chi connectivity index (χ0v) is 19.7. The molecule has 2 aromatic heterocycles. The van der Waals surface area contributed by atoms with Crippen LogP contribution in [0.2, 0.25) is 0 Å². The highest BCUT2D eigenvalue weighted by atomic mass is 79.9. The molecule has 0 saturated heterocycles. The van der Waals surface area contributed by atoms with Gasteiger partial charge in [-0.1, -0.05) is 12.1 Å². The number of hydrogen-bond donors (Lipinski definition) is 2. The van der Waals surface area contributed by atoms with Gasteiger partial charge in [-0.2, -0.15) is 10.4 Å². The van der Waals surface area contributed by atoms with E-state index in [1.54, 1.807) is 31.2 Å². The molecule has 0 saturated carbocycles. The first-order chi connectivity index (χ1) is 16.3. The fourth-order valence-electron chi connectivity index (χ4n) is 2.90. The summed E-state index contributed by atoms with van der Waals surface area (Å²) in [4.78, 5) is 27.3. The number of aromatic nitrogens is 1. The number of aryl methyl sites for hydroxylation is 1. The van der Waals surface area contributed by atoms with Crippen LogP contribution >= 0.6 is 15.9 Å². The highest BCUT2D eigenvalue weighted by Crippen LogP contribution is 2.30. The highest BCUT2D eigenvalue weighted by Gasteiger charge is 2.18. The molecule has 2 N–H and O–H groups in total. The molecule has 2 heterocycles. The number of pyridine rings is 1. The first kappa shape index (κ1) is 24.6. The third-order valence-corrected chi connectivity index (χ3v) is 5.58. The first-order valence-corrected chi connectivity index (χ1v) is 10.6. The number of methoxy groups -OCH3 is 1. The van der Waals surface area contributed by atoms with Crippen molar-refractivity contribution in [3.8, 4) is 23.3 Å². The number of carboxylic acids is 1. The average Bonchev–Trinajstić information content (AvgIpc) is 3.30. The quantitative estimate of drug-likeness (QED) is 0.317. The topological polar surface area (TPSA) is 147 Å². The average molecular weight is 527 g/mol. The van der Waals surface area contributed by atoms with Crippen molar-refractivity contribution >= 4 is 34.0 Å². The molecule has 1 amide bonds. The molecule has 0 aliphatic rings. The Balaban J connectivity index is 1.59. The van der Waals surface area contributed by atoms with Gasteiger partial charge in [0.05, 0.1) is 24.1 Å². The minimum Gasteiger partial charge on any atom is -0.478 e. The van der Waals surface area contributed by atoms with E-state index in [1.165, 1.54) is 25.5 Å². The summed E-state index contributed by atoms with van der Waals surface area (Å²) in [6, 6.07) is 11.6. The van der Waals surface area contributed by atoms with Crippen LogP contribution in [-0.2, 0) is 16.1 Å². The fourth-order valence-corrected chi connectivity index (χ4v) is 3.30. The number of aromatic carboxylic acids is 1. The molecule has 0 radical (unpaired) electrons. The van der Waals surface area contributed by atoms with Gasteiger partial charge in [0.1, 0.15) is 23.2 Å². The molecule has 11 heteroatoms. The van der Waals surface area contributed by atoms with E-state index in [2.05, 4.69) is 31.4 Å². The number of carboxylic acid groups (broad SMARTS) is 1. The van der Waals surface area contributed by atoms with E-state index >= 15 is 0 Å². The van der Waals surface area contributed by atoms with Crippen LogP contribution in [0.25, 0.3) is 11.3 Å². The summed E-state index contributed by atoms with van der Waals surface area (Å²) in [5.74, 6) is -0.657. The molecule has 34 heavy (non-hydrogen) atoms. The molecule has 0 atom stereocenters. The van der Waals surface area contributed by atoms with Crippen molar-refractivity contribution in [2.24, 2.45) is 5.10 Å². The molecule has 0 fully saturated rings. The largest absolute Gasteiger partial charge is 0.478 e. The number of amides is 1. The molecule has 0 unspecified atom stereocenters. The number of benzene rings is 1. The van der Waals surface area contributed by atoms with Crippen molar-refractivity contribution in [1.82, 2.24) is 10.4 Å². The van der Waals surface area contributed by atoms with Gasteiger partial charge in [0.2, 0.25) is 5.88 Å². The molecule has 1 aromatic carbocycles. The van der Waals surface area contributed by atoms with Crippen LogP contribution in [0.1, 0.15) is 32.9 Å². The van der Waals surface area contributed by atoms with Crippen LogP contribution in [0.5, 0.6) is 5.88 Å². The van der Waals surface area contributed by atoms with Gasteiger partial charge in [-0.05, 0) is 47.1 Å². The number of nitrogens with one attached hydrogen (secondary N) is 1. The molecule has 3 rings (SSSR count). The minimum atomic E-state index is -1.01. The van der Waals surface area contributed by atoms with E-state index in [4.69, 9.17) is 19.0 Å². The van der Waals surface area contributed by atoms with E-state index in [1.807, 2.05) is 6.07 Å². The third kappa shape index (κ3) is 5.86. The van der Waals surface area contributed by atoms with Gasteiger partial charge in [-0.25, -0.2) is 15.2 Å². The second-order valence-electron chi connectivity index (χ2n) is 6.88. The molecular formula is C23H19BrN4O6. The Bertz CT molecular complexity index is 1280. The smallest absolute Gasteiger partial charge is 0.335 e. The van der Waals surface area contributed by atoms with Crippen molar-refractivity contribution in [2.75, 3.05) is 13.7 Å². The van der Waals surface area contributed by atoms with Gasteiger partial charge in [0.25, 0.3) is 5.91 Å². The van der Waals surface area contributed by atoms with Gasteiger partial charge >= 0.3 is 5.97 Å². The van der Waals surface area contributed by atoms with E-state index < -0.39 is 18.5 Å². The number of carbonyl (C=O) groups excluding carboxylic acids is 1.